The van der Waals surface area contributed by atoms with Gasteiger partial charge in [-0.2, -0.15) is 4.91 Å². The first-order chi connectivity index (χ1) is 7.40. The fraction of sp³-hybridized carbons (Fsp3) is 0.538. The highest BCUT2D eigenvalue weighted by Crippen LogP contribution is 2.45. The monoisotopic (exact) mass is 201 g/mol. The lowest BCUT2D eigenvalue weighted by molar-refractivity contribution is 0.438. The summed E-state index contributed by atoms with van der Waals surface area (Å²) in [7, 11) is 0. The van der Waals surface area contributed by atoms with Gasteiger partial charge in [0.25, 0.3) is 0 Å². The molecule has 2 aliphatic rings. The first-order valence-electron chi connectivity index (χ1n) is 5.84. The maximum absolute atomic E-state index is 10.8. The fourth-order valence-electron chi connectivity index (χ4n) is 3.24. The highest BCUT2D eigenvalue weighted by atomic mass is 16.3. The van der Waals surface area contributed by atoms with E-state index < -0.39 is 0 Å². The Balaban J connectivity index is 2.17. The van der Waals surface area contributed by atoms with Gasteiger partial charge in [0.1, 0.15) is 6.04 Å². The minimum atomic E-state index is -0.0747. The van der Waals surface area contributed by atoms with Crippen LogP contribution in [0, 0.1) is 4.91 Å². The van der Waals surface area contributed by atoms with Gasteiger partial charge in [0.2, 0.25) is 0 Å². The van der Waals surface area contributed by atoms with Crippen molar-refractivity contribution < 1.29 is 0 Å². The molecular formula is C13H15NO. The molecule has 0 heterocycles. The zero-order valence-corrected chi connectivity index (χ0v) is 8.78. The van der Waals surface area contributed by atoms with E-state index in [1.54, 1.807) is 0 Å². The summed E-state index contributed by atoms with van der Waals surface area (Å²) in [6.07, 6.45) is 5.90. The standard InChI is InChI=1S/C13H15NO/c15-14-12-8-7-10-4-1-3-9-5-2-6-11(12)13(9)10/h2,5-6,10,12H,1,3-4,7-8H2. The van der Waals surface area contributed by atoms with E-state index in [2.05, 4.69) is 23.4 Å². The number of aryl methyl sites for hydroxylation is 1. The van der Waals surface area contributed by atoms with Crippen molar-refractivity contribution >= 4 is 0 Å². The van der Waals surface area contributed by atoms with Crippen LogP contribution in [0.3, 0.4) is 0 Å². The Hall–Kier alpha value is -1.18. The highest BCUT2D eigenvalue weighted by molar-refractivity contribution is 5.43. The molecule has 0 radical (unpaired) electrons. The van der Waals surface area contributed by atoms with Crippen LogP contribution < -0.4 is 0 Å². The topological polar surface area (TPSA) is 29.4 Å². The van der Waals surface area contributed by atoms with Gasteiger partial charge in [0, 0.05) is 0 Å². The summed E-state index contributed by atoms with van der Waals surface area (Å²) in [5.41, 5.74) is 4.16. The third-order valence-corrected chi connectivity index (χ3v) is 3.91. The third kappa shape index (κ3) is 1.31. The van der Waals surface area contributed by atoms with Crippen molar-refractivity contribution in [3.63, 3.8) is 0 Å². The van der Waals surface area contributed by atoms with Crippen LogP contribution in [-0.2, 0) is 6.42 Å². The van der Waals surface area contributed by atoms with Crippen LogP contribution in [0.15, 0.2) is 23.4 Å². The van der Waals surface area contributed by atoms with Gasteiger partial charge < -0.3 is 0 Å². The molecule has 2 nitrogen and oxygen atoms in total. The van der Waals surface area contributed by atoms with Gasteiger partial charge in [-0.1, -0.05) is 23.4 Å². The van der Waals surface area contributed by atoms with Gasteiger partial charge in [-0.05, 0) is 54.7 Å². The van der Waals surface area contributed by atoms with Crippen LogP contribution in [-0.4, -0.2) is 0 Å². The molecule has 0 N–H and O–H groups in total. The second-order valence-electron chi connectivity index (χ2n) is 4.71. The van der Waals surface area contributed by atoms with Crippen LogP contribution in [0.25, 0.3) is 0 Å². The lowest BCUT2D eigenvalue weighted by atomic mass is 9.72. The molecule has 2 atom stereocenters. The molecule has 15 heavy (non-hydrogen) atoms. The molecule has 0 aromatic heterocycles. The molecule has 1 aromatic rings. The lowest BCUT2D eigenvalue weighted by Gasteiger charge is -2.33. The smallest absolute Gasteiger partial charge is 0.117 e. The molecule has 0 amide bonds. The Labute approximate surface area is 89.7 Å². The van der Waals surface area contributed by atoms with E-state index in [0.29, 0.717) is 5.92 Å². The second-order valence-corrected chi connectivity index (χ2v) is 4.71. The maximum atomic E-state index is 10.8. The van der Waals surface area contributed by atoms with Crippen molar-refractivity contribution in [3.8, 4) is 0 Å². The molecule has 1 aromatic carbocycles. The summed E-state index contributed by atoms with van der Waals surface area (Å²) in [6, 6.07) is 6.33. The lowest BCUT2D eigenvalue weighted by Crippen LogP contribution is -2.19. The number of hydrogen-bond acceptors (Lipinski definition) is 2. The summed E-state index contributed by atoms with van der Waals surface area (Å²) in [4.78, 5) is 10.8. The molecule has 2 heteroatoms. The van der Waals surface area contributed by atoms with Gasteiger partial charge >= 0.3 is 0 Å². The molecule has 0 fully saturated rings. The van der Waals surface area contributed by atoms with Gasteiger partial charge in [-0.15, -0.1) is 0 Å². The number of hydrogen-bond donors (Lipinski definition) is 0. The highest BCUT2D eigenvalue weighted by Gasteiger charge is 2.31. The molecule has 0 saturated heterocycles. The van der Waals surface area contributed by atoms with E-state index in [-0.39, 0.29) is 6.04 Å². The quantitative estimate of drug-likeness (QED) is 0.637. The molecular weight excluding hydrogens is 186 g/mol. The molecule has 0 saturated carbocycles. The minimum Gasteiger partial charge on any atom is -0.150 e. The molecule has 2 unspecified atom stereocenters. The largest absolute Gasteiger partial charge is 0.150 e. The average molecular weight is 201 g/mol. The van der Waals surface area contributed by atoms with Crippen LogP contribution >= 0.6 is 0 Å². The summed E-state index contributed by atoms with van der Waals surface area (Å²) in [5, 5.41) is 3.27. The van der Waals surface area contributed by atoms with Crippen molar-refractivity contribution in [2.45, 2.75) is 44.1 Å². The second kappa shape index (κ2) is 3.44. The van der Waals surface area contributed by atoms with Crippen molar-refractivity contribution in [2.24, 2.45) is 5.18 Å². The molecule has 0 aliphatic heterocycles. The van der Waals surface area contributed by atoms with Crippen LogP contribution in [0.5, 0.6) is 0 Å². The zero-order valence-electron chi connectivity index (χ0n) is 8.78. The summed E-state index contributed by atoms with van der Waals surface area (Å²) in [5.74, 6) is 0.711. The fourth-order valence-corrected chi connectivity index (χ4v) is 3.24. The maximum Gasteiger partial charge on any atom is 0.117 e. The van der Waals surface area contributed by atoms with Crippen molar-refractivity contribution in [2.75, 3.05) is 0 Å². The SMILES string of the molecule is O=NC1CCC2CCCc3cccc1c32. The number of benzene rings is 1. The van der Waals surface area contributed by atoms with Crippen molar-refractivity contribution in [1.82, 2.24) is 0 Å². The predicted octanol–water partition coefficient (Wildman–Crippen LogP) is 3.71. The normalized spacial score (nSPS) is 28.3. The predicted molar refractivity (Wildman–Crippen MR) is 59.9 cm³/mol. The van der Waals surface area contributed by atoms with E-state index in [4.69, 9.17) is 0 Å². The first-order valence-corrected chi connectivity index (χ1v) is 5.84. The third-order valence-electron chi connectivity index (χ3n) is 3.91. The van der Waals surface area contributed by atoms with Crippen LogP contribution in [0.1, 0.15) is 54.3 Å². The molecule has 78 valence electrons. The minimum absolute atomic E-state index is 0.0747. The van der Waals surface area contributed by atoms with Gasteiger partial charge in [-0.25, -0.2) is 0 Å². The van der Waals surface area contributed by atoms with E-state index in [9.17, 15) is 4.91 Å². The molecule has 0 bridgehead atoms. The Morgan fingerprint density at radius 3 is 3.00 bits per heavy atom. The van der Waals surface area contributed by atoms with Crippen LogP contribution in [0.2, 0.25) is 0 Å². The Kier molecular flexibility index (Phi) is 2.08. The number of nitrogens with zero attached hydrogens (tertiary/aromatic N) is 1. The van der Waals surface area contributed by atoms with E-state index in [1.165, 1.54) is 36.0 Å². The van der Waals surface area contributed by atoms with Gasteiger partial charge in [0.05, 0.1) is 0 Å². The number of nitroso groups, excluding NO2 is 1. The average Bonchev–Trinajstić information content (AvgIpc) is 2.30. The van der Waals surface area contributed by atoms with Crippen LogP contribution in [0.4, 0.5) is 0 Å². The van der Waals surface area contributed by atoms with Gasteiger partial charge in [-0.3, -0.25) is 0 Å². The van der Waals surface area contributed by atoms with E-state index in [1.807, 2.05) is 0 Å². The van der Waals surface area contributed by atoms with E-state index >= 15 is 0 Å². The first kappa shape index (κ1) is 9.08. The summed E-state index contributed by atoms with van der Waals surface area (Å²) >= 11 is 0. The van der Waals surface area contributed by atoms with E-state index in [0.717, 1.165) is 12.8 Å². The molecule has 2 aliphatic carbocycles. The molecule has 3 rings (SSSR count). The molecule has 0 spiro atoms. The zero-order chi connectivity index (χ0) is 10.3. The van der Waals surface area contributed by atoms with Crippen molar-refractivity contribution in [3.05, 3.63) is 39.8 Å². The Morgan fingerprint density at radius 1 is 1.20 bits per heavy atom. The van der Waals surface area contributed by atoms with Crippen molar-refractivity contribution in [1.29, 1.82) is 0 Å². The van der Waals surface area contributed by atoms with Gasteiger partial charge in [0.15, 0.2) is 0 Å². The number of rotatable bonds is 1. The Bertz CT molecular complexity index is 400. The summed E-state index contributed by atoms with van der Waals surface area (Å²) < 4.78 is 0. The summed E-state index contributed by atoms with van der Waals surface area (Å²) in [6.45, 7) is 0. The Morgan fingerprint density at radius 2 is 2.13 bits per heavy atom.